The predicted molar refractivity (Wildman–Crippen MR) is 121 cm³/mol. The van der Waals surface area contributed by atoms with Gasteiger partial charge in [-0.1, -0.05) is 0 Å². The summed E-state index contributed by atoms with van der Waals surface area (Å²) in [7, 11) is -5.80. The first-order valence-electron chi connectivity index (χ1n) is 11.3. The van der Waals surface area contributed by atoms with Crippen molar-refractivity contribution < 1.29 is 47.6 Å². The van der Waals surface area contributed by atoms with Gasteiger partial charge in [0.25, 0.3) is 5.56 Å². The quantitative estimate of drug-likeness (QED) is 0.279. The van der Waals surface area contributed by atoms with Gasteiger partial charge in [0.1, 0.15) is 13.2 Å². The molecule has 3 N–H and O–H groups in total. The molecular formula is C20H28N5O11P-2. The highest BCUT2D eigenvalue weighted by Gasteiger charge is 2.53. The van der Waals surface area contributed by atoms with E-state index in [1.165, 1.54) is 38.6 Å². The van der Waals surface area contributed by atoms with E-state index in [4.69, 9.17) is 29.4 Å². The van der Waals surface area contributed by atoms with E-state index >= 15 is 0 Å². The van der Waals surface area contributed by atoms with Gasteiger partial charge in [0, 0.05) is 0 Å². The highest BCUT2D eigenvalue weighted by molar-refractivity contribution is 7.50. The number of aromatic nitrogens is 4. The van der Waals surface area contributed by atoms with Crippen molar-refractivity contribution in [2.45, 2.75) is 70.2 Å². The van der Waals surface area contributed by atoms with E-state index in [0.29, 0.717) is 0 Å². The van der Waals surface area contributed by atoms with Gasteiger partial charge in [0.2, 0.25) is 5.95 Å². The number of carbonyl (C=O) groups is 2. The van der Waals surface area contributed by atoms with Crippen LogP contribution < -0.4 is 21.1 Å². The van der Waals surface area contributed by atoms with Gasteiger partial charge in [-0.15, -0.1) is 0 Å². The molecule has 1 aliphatic rings. The Balaban J connectivity index is 1.91. The van der Waals surface area contributed by atoms with E-state index in [0.717, 1.165) is 0 Å². The molecule has 2 heterocycles. The minimum Gasteiger partial charge on any atom is -0.809 e. The molecule has 0 spiro atoms. The van der Waals surface area contributed by atoms with Gasteiger partial charge in [-0.3, -0.25) is 9.78 Å². The maximum atomic E-state index is 12.5. The fourth-order valence-electron chi connectivity index (χ4n) is 3.34. The van der Waals surface area contributed by atoms with Crippen molar-refractivity contribution in [1.82, 2.24) is 19.5 Å². The summed E-state index contributed by atoms with van der Waals surface area (Å²) in [6.45, 7) is 3.76. The van der Waals surface area contributed by atoms with Gasteiger partial charge in [-0.25, -0.2) is 14.6 Å². The number of hydrogen-bond acceptors (Lipinski definition) is 14. The van der Waals surface area contributed by atoms with Crippen molar-refractivity contribution in [3.63, 3.8) is 0 Å². The van der Waals surface area contributed by atoms with Crippen molar-refractivity contribution in [1.29, 1.82) is 0 Å². The van der Waals surface area contributed by atoms with Crippen LogP contribution in [-0.2, 0) is 34.8 Å². The number of carbonyl (C=O) groups excluding carboxylic acids is 2. The zero-order valence-corrected chi connectivity index (χ0v) is 21.5. The number of hydrogen-bond donors (Lipinski definition) is 2. The van der Waals surface area contributed by atoms with Crippen LogP contribution in [0.25, 0.3) is 11.2 Å². The monoisotopic (exact) mass is 545 g/mol. The van der Waals surface area contributed by atoms with Crippen molar-refractivity contribution in [3.8, 4) is 0 Å². The first-order valence-corrected chi connectivity index (χ1v) is 12.8. The van der Waals surface area contributed by atoms with Crippen molar-refractivity contribution in [2.75, 3.05) is 18.9 Å². The highest BCUT2D eigenvalue weighted by atomic mass is 31.2. The molecule has 2 aromatic heterocycles. The molecule has 17 heteroatoms. The molecule has 37 heavy (non-hydrogen) atoms. The van der Waals surface area contributed by atoms with E-state index in [2.05, 4.69) is 15.0 Å². The summed E-state index contributed by atoms with van der Waals surface area (Å²) in [4.78, 5) is 71.4. The van der Waals surface area contributed by atoms with Crippen LogP contribution in [0.4, 0.5) is 15.5 Å². The average molecular weight is 545 g/mol. The fraction of sp³-hybridized carbons (Fsp3) is 0.650. The second-order valence-corrected chi connectivity index (χ2v) is 10.9. The average Bonchev–Trinajstić information content (AvgIpc) is 3.39. The van der Waals surface area contributed by atoms with E-state index in [1.807, 2.05) is 0 Å². The Morgan fingerprint density at radius 3 is 2.16 bits per heavy atom. The number of imidazole rings is 1. The second-order valence-electron chi connectivity index (χ2n) is 9.14. The summed E-state index contributed by atoms with van der Waals surface area (Å²) in [5.41, 5.74) is 3.81. The molecule has 0 bridgehead atoms. The zero-order valence-electron chi connectivity index (χ0n) is 20.6. The molecule has 0 aliphatic heterocycles. The first kappa shape index (κ1) is 28.4. The lowest BCUT2D eigenvalue weighted by molar-refractivity contribution is -0.338. The zero-order chi connectivity index (χ0) is 27.6. The van der Waals surface area contributed by atoms with E-state index < -0.39 is 61.8 Å². The molecule has 0 amide bonds. The molecular weight excluding hydrogens is 517 g/mol. The Morgan fingerprint density at radius 2 is 1.70 bits per heavy atom. The molecule has 0 radical (unpaired) electrons. The van der Waals surface area contributed by atoms with Crippen LogP contribution in [0.5, 0.6) is 0 Å². The van der Waals surface area contributed by atoms with E-state index in [1.54, 1.807) is 0 Å². The van der Waals surface area contributed by atoms with Crippen LogP contribution in [0.1, 0.15) is 40.5 Å². The summed E-state index contributed by atoms with van der Waals surface area (Å²) in [6.07, 6.45) is -1.91. The maximum absolute atomic E-state index is 12.5. The maximum Gasteiger partial charge on any atom is 0.508 e. The molecule has 16 nitrogen and oxygen atoms in total. The minimum atomic E-state index is -5.80. The standard InChI is InChI=1S/C20H30N5O11P/c1-11(2)34-17(27)32-8-20(37(29,30)31,9-33-18(28)35-12(3)4)36-19(5-6-19)7-25-10-22-13-14(25)23-16(21)24-15(13)26/h10-12H,5-9H2,1-4H3,(H2,29,30,31)(H3,21,23,24,26)/p-2. The number of aromatic amines is 1. The van der Waals surface area contributed by atoms with Crippen LogP contribution in [0.15, 0.2) is 11.1 Å². The molecule has 0 aromatic carbocycles. The molecule has 3 rings (SSSR count). The van der Waals surface area contributed by atoms with Crippen molar-refractivity contribution in [3.05, 3.63) is 16.7 Å². The molecule has 0 atom stereocenters. The number of anilines is 1. The van der Waals surface area contributed by atoms with E-state index in [9.17, 15) is 28.7 Å². The topological polar surface area (TPSA) is 233 Å². The molecule has 1 fully saturated rings. The van der Waals surface area contributed by atoms with Gasteiger partial charge in [0.15, 0.2) is 16.5 Å². The Kier molecular flexibility index (Phi) is 8.17. The summed E-state index contributed by atoms with van der Waals surface area (Å²) < 4.78 is 39.2. The fourth-order valence-corrected chi connectivity index (χ4v) is 4.09. The third-order valence-electron chi connectivity index (χ3n) is 5.16. The normalized spacial score (nSPS) is 15.1. The lowest BCUT2D eigenvalue weighted by atomic mass is 10.3. The van der Waals surface area contributed by atoms with Crippen LogP contribution >= 0.6 is 7.60 Å². The summed E-state index contributed by atoms with van der Waals surface area (Å²) >= 11 is 0. The third kappa shape index (κ3) is 6.97. The van der Waals surface area contributed by atoms with Gasteiger partial charge in [0.05, 0.1) is 30.7 Å². The highest BCUT2D eigenvalue weighted by Crippen LogP contribution is 2.53. The molecule has 0 unspecified atom stereocenters. The molecule has 2 aromatic rings. The van der Waals surface area contributed by atoms with Crippen LogP contribution in [-0.4, -0.2) is 68.2 Å². The first-order chi connectivity index (χ1) is 17.2. The Morgan fingerprint density at radius 1 is 1.16 bits per heavy atom. The summed E-state index contributed by atoms with van der Waals surface area (Å²) in [6, 6.07) is 0. The predicted octanol–water partition coefficient (Wildman–Crippen LogP) is -0.0158. The number of fused-ring (bicyclic) bond motifs is 1. The van der Waals surface area contributed by atoms with Gasteiger partial charge < -0.3 is 48.3 Å². The van der Waals surface area contributed by atoms with Crippen LogP contribution in [0.3, 0.4) is 0 Å². The Labute approximate surface area is 210 Å². The number of nitrogens with zero attached hydrogens (tertiary/aromatic N) is 3. The number of nitrogens with two attached hydrogens (primary N) is 1. The van der Waals surface area contributed by atoms with Crippen LogP contribution in [0, 0.1) is 0 Å². The Hall–Kier alpha value is -3.20. The third-order valence-corrected chi connectivity index (χ3v) is 6.51. The lowest BCUT2D eigenvalue weighted by Crippen LogP contribution is -2.53. The van der Waals surface area contributed by atoms with Crippen molar-refractivity contribution >= 4 is 37.0 Å². The molecule has 1 aliphatic carbocycles. The SMILES string of the molecule is CC(C)OC(=O)OCC(COC(=O)OC(C)C)(OC1(Cn2cnc3c(=O)[nH]c(N)nc32)CC1)P(=O)([O-])[O-]. The number of ether oxygens (including phenoxy) is 5. The minimum absolute atomic E-state index is 0.0193. The van der Waals surface area contributed by atoms with Gasteiger partial charge in [-0.2, -0.15) is 4.98 Å². The smallest absolute Gasteiger partial charge is 0.508 e. The molecule has 0 saturated heterocycles. The number of rotatable bonds is 11. The number of H-pyrrole nitrogens is 1. The summed E-state index contributed by atoms with van der Waals surface area (Å²) in [5.74, 6) is -0.169. The van der Waals surface area contributed by atoms with Gasteiger partial charge >= 0.3 is 12.3 Å². The van der Waals surface area contributed by atoms with Crippen LogP contribution in [0.2, 0.25) is 0 Å². The molecule has 206 valence electrons. The molecule has 1 saturated carbocycles. The lowest BCUT2D eigenvalue weighted by Gasteiger charge is -2.49. The van der Waals surface area contributed by atoms with Crippen molar-refractivity contribution in [2.24, 2.45) is 0 Å². The largest absolute Gasteiger partial charge is 0.809 e. The Bertz CT molecular complexity index is 1220. The number of nitrogen functional groups attached to an aromatic ring is 1. The second kappa shape index (κ2) is 10.7. The van der Waals surface area contributed by atoms with E-state index in [-0.39, 0.29) is 36.5 Å². The summed E-state index contributed by atoms with van der Waals surface area (Å²) in [5, 5.41) is -2.82. The number of nitrogens with one attached hydrogen (secondary N) is 1. The van der Waals surface area contributed by atoms with Gasteiger partial charge in [-0.05, 0) is 48.1 Å².